The van der Waals surface area contributed by atoms with Crippen LogP contribution in [0.5, 0.6) is 0 Å². The Morgan fingerprint density at radius 2 is 1.83 bits per heavy atom. The fraction of sp³-hybridized carbons (Fsp3) is 0.312. The van der Waals surface area contributed by atoms with Gasteiger partial charge < -0.3 is 0 Å². The summed E-state index contributed by atoms with van der Waals surface area (Å²) in [4.78, 5) is 19.1. The fourth-order valence-electron chi connectivity index (χ4n) is 2.61. The van der Waals surface area contributed by atoms with Crippen molar-refractivity contribution in [2.75, 3.05) is 5.32 Å². The number of alkyl halides is 6. The van der Waals surface area contributed by atoms with Gasteiger partial charge in [0.05, 0.1) is 17.7 Å². The number of H-pyrrole nitrogens is 1. The van der Waals surface area contributed by atoms with Crippen molar-refractivity contribution in [1.29, 1.82) is 0 Å². The fourth-order valence-corrected chi connectivity index (χ4v) is 2.61. The van der Waals surface area contributed by atoms with E-state index in [1.165, 1.54) is 4.68 Å². The van der Waals surface area contributed by atoms with E-state index in [0.29, 0.717) is 23.1 Å². The number of anilines is 1. The van der Waals surface area contributed by atoms with Crippen LogP contribution < -0.4 is 5.32 Å². The van der Waals surface area contributed by atoms with Crippen LogP contribution in [0.4, 0.5) is 32.3 Å². The number of nitrogens with zero attached hydrogens (tertiary/aromatic N) is 5. The molecule has 0 aliphatic heterocycles. The Morgan fingerprint density at radius 3 is 2.37 bits per heavy atom. The van der Waals surface area contributed by atoms with Crippen molar-refractivity contribution in [3.63, 3.8) is 0 Å². The third-order valence-corrected chi connectivity index (χ3v) is 4.08. The highest BCUT2D eigenvalue weighted by Crippen LogP contribution is 2.29. The Balaban J connectivity index is 1.77. The lowest BCUT2D eigenvalue weighted by Gasteiger charge is -2.08. The normalized spacial score (nSPS) is 12.3. The van der Waals surface area contributed by atoms with E-state index in [4.69, 9.17) is 0 Å². The zero-order valence-corrected chi connectivity index (χ0v) is 15.4. The Hall–Kier alpha value is -3.45. The molecule has 0 unspecified atom stereocenters. The van der Waals surface area contributed by atoms with E-state index in [1.54, 1.807) is 18.9 Å². The van der Waals surface area contributed by atoms with Gasteiger partial charge in [0.1, 0.15) is 0 Å². The van der Waals surface area contributed by atoms with Crippen LogP contribution in [0.3, 0.4) is 0 Å². The van der Waals surface area contributed by atoms with E-state index in [2.05, 4.69) is 25.5 Å². The van der Waals surface area contributed by atoms with Crippen LogP contribution in [0.1, 0.15) is 28.3 Å². The lowest BCUT2D eigenvalue weighted by atomic mass is 10.1. The van der Waals surface area contributed by atoms with E-state index >= 15 is 0 Å². The predicted molar refractivity (Wildman–Crippen MR) is 89.6 cm³/mol. The Labute approximate surface area is 164 Å². The second-order valence-electron chi connectivity index (χ2n) is 6.19. The molecule has 0 aliphatic rings. The predicted octanol–water partition coefficient (Wildman–Crippen LogP) is 3.22. The minimum Gasteiger partial charge on any atom is -0.293 e. The first-order valence-electron chi connectivity index (χ1n) is 8.24. The zero-order valence-electron chi connectivity index (χ0n) is 15.4. The quantitative estimate of drug-likeness (QED) is 0.616. The number of hydrogen-bond donors (Lipinski definition) is 2. The van der Waals surface area contributed by atoms with Crippen LogP contribution in [-0.2, 0) is 23.6 Å². The van der Waals surface area contributed by atoms with Crippen LogP contribution in [0.15, 0.2) is 18.3 Å². The number of hydrogen-bond acceptors (Lipinski definition) is 5. The lowest BCUT2D eigenvalue weighted by Crippen LogP contribution is -2.16. The number of aromatic amines is 1. The van der Waals surface area contributed by atoms with Crippen molar-refractivity contribution in [1.82, 2.24) is 29.9 Å². The Bertz CT molecular complexity index is 1070. The van der Waals surface area contributed by atoms with Gasteiger partial charge in [-0.2, -0.15) is 36.4 Å². The highest BCUT2D eigenvalue weighted by molar-refractivity contribution is 5.90. The summed E-state index contributed by atoms with van der Waals surface area (Å²) in [5.74, 6) is -2.49. The number of rotatable bonds is 4. The highest BCUT2D eigenvalue weighted by atomic mass is 19.4. The summed E-state index contributed by atoms with van der Waals surface area (Å²) in [7, 11) is 0. The number of amides is 1. The monoisotopic (exact) mass is 433 g/mol. The standard InChI is InChI=1S/C16H13F6N7O/c1-7-10(5-12(30)24-14-25-13(26-27-14)16(20,21)22)8(2)29(28-7)11-4-3-9(6-23-11)15(17,18)19/h3-4,6H,5H2,1-2H3,(H2,24,25,26,27,30). The molecule has 14 heteroatoms. The summed E-state index contributed by atoms with van der Waals surface area (Å²) in [6.45, 7) is 3.15. The first-order chi connectivity index (χ1) is 13.9. The molecular weight excluding hydrogens is 420 g/mol. The van der Waals surface area contributed by atoms with Gasteiger partial charge in [-0.1, -0.05) is 0 Å². The summed E-state index contributed by atoms with van der Waals surface area (Å²) in [6.07, 6.45) is -8.87. The molecule has 0 saturated carbocycles. The van der Waals surface area contributed by atoms with Gasteiger partial charge in [0.25, 0.3) is 0 Å². The van der Waals surface area contributed by atoms with Gasteiger partial charge in [-0.25, -0.2) is 9.67 Å². The van der Waals surface area contributed by atoms with Gasteiger partial charge in [0.2, 0.25) is 17.7 Å². The van der Waals surface area contributed by atoms with E-state index < -0.39 is 35.6 Å². The van der Waals surface area contributed by atoms with E-state index in [-0.39, 0.29) is 12.2 Å². The number of aromatic nitrogens is 6. The summed E-state index contributed by atoms with van der Waals surface area (Å²) >= 11 is 0. The van der Waals surface area contributed by atoms with Gasteiger partial charge >= 0.3 is 12.4 Å². The summed E-state index contributed by atoms with van der Waals surface area (Å²) < 4.78 is 76.9. The SMILES string of the molecule is Cc1nn(-c2ccc(C(F)(F)F)cn2)c(C)c1CC(=O)Nc1n[nH]c(C(F)(F)F)n1. The molecule has 8 nitrogen and oxygen atoms in total. The van der Waals surface area contributed by atoms with Crippen molar-refractivity contribution in [2.24, 2.45) is 0 Å². The molecule has 160 valence electrons. The number of carbonyl (C=O) groups excluding carboxylic acids is 1. The first-order valence-corrected chi connectivity index (χ1v) is 8.24. The zero-order chi connectivity index (χ0) is 22.3. The second kappa shape index (κ2) is 7.42. The number of nitrogens with one attached hydrogen (secondary N) is 2. The largest absolute Gasteiger partial charge is 0.451 e. The van der Waals surface area contributed by atoms with Crippen LogP contribution in [0.25, 0.3) is 5.82 Å². The molecule has 0 atom stereocenters. The molecule has 2 N–H and O–H groups in total. The highest BCUT2D eigenvalue weighted by Gasteiger charge is 2.35. The molecule has 0 bridgehead atoms. The molecule has 3 heterocycles. The Kier molecular flexibility index (Phi) is 5.26. The van der Waals surface area contributed by atoms with Crippen molar-refractivity contribution in [3.8, 4) is 5.82 Å². The van der Waals surface area contributed by atoms with E-state index in [9.17, 15) is 31.1 Å². The molecule has 0 aromatic carbocycles. The summed E-state index contributed by atoms with van der Waals surface area (Å²) in [5, 5.41) is 11.3. The number of pyridine rings is 1. The molecule has 0 fully saturated rings. The molecular formula is C16H13F6N7O. The van der Waals surface area contributed by atoms with E-state index in [0.717, 1.165) is 12.1 Å². The molecule has 1 amide bonds. The molecule has 3 aromatic heterocycles. The van der Waals surface area contributed by atoms with Crippen LogP contribution in [0.2, 0.25) is 0 Å². The molecule has 30 heavy (non-hydrogen) atoms. The van der Waals surface area contributed by atoms with Gasteiger partial charge in [-0.15, -0.1) is 5.10 Å². The maximum atomic E-state index is 12.7. The smallest absolute Gasteiger partial charge is 0.293 e. The molecule has 0 aliphatic carbocycles. The summed E-state index contributed by atoms with van der Waals surface area (Å²) in [5.41, 5.74) is 0.342. The molecule has 3 rings (SSSR count). The van der Waals surface area contributed by atoms with Gasteiger partial charge in [0, 0.05) is 17.5 Å². The summed E-state index contributed by atoms with van der Waals surface area (Å²) in [6, 6.07) is 1.99. The number of carbonyl (C=O) groups is 1. The molecule has 0 spiro atoms. The van der Waals surface area contributed by atoms with Gasteiger partial charge in [-0.3, -0.25) is 15.2 Å². The Morgan fingerprint density at radius 1 is 1.13 bits per heavy atom. The molecule has 0 saturated heterocycles. The molecule has 0 radical (unpaired) electrons. The number of aryl methyl sites for hydroxylation is 1. The van der Waals surface area contributed by atoms with Crippen LogP contribution in [0, 0.1) is 13.8 Å². The minimum atomic E-state index is -4.74. The maximum absolute atomic E-state index is 12.7. The average Bonchev–Trinajstić information content (AvgIpc) is 3.21. The molecule has 3 aromatic rings. The third kappa shape index (κ3) is 4.41. The van der Waals surface area contributed by atoms with Crippen molar-refractivity contribution >= 4 is 11.9 Å². The van der Waals surface area contributed by atoms with Crippen molar-refractivity contribution < 1.29 is 31.1 Å². The van der Waals surface area contributed by atoms with E-state index in [1.807, 2.05) is 0 Å². The minimum absolute atomic E-state index is 0.110. The van der Waals surface area contributed by atoms with Gasteiger partial charge in [0.15, 0.2) is 5.82 Å². The van der Waals surface area contributed by atoms with Crippen molar-refractivity contribution in [2.45, 2.75) is 32.6 Å². The third-order valence-electron chi connectivity index (χ3n) is 4.08. The first kappa shape index (κ1) is 21.3. The van der Waals surface area contributed by atoms with Crippen molar-refractivity contribution in [3.05, 3.63) is 46.7 Å². The van der Waals surface area contributed by atoms with Crippen LogP contribution >= 0.6 is 0 Å². The van der Waals surface area contributed by atoms with Crippen LogP contribution in [-0.4, -0.2) is 35.9 Å². The average molecular weight is 433 g/mol. The van der Waals surface area contributed by atoms with Gasteiger partial charge in [-0.05, 0) is 26.0 Å². The number of halogens is 6. The lowest BCUT2D eigenvalue weighted by molar-refractivity contribution is -0.144. The maximum Gasteiger partial charge on any atom is 0.451 e. The second-order valence-corrected chi connectivity index (χ2v) is 6.19. The topological polar surface area (TPSA) is 101 Å².